The normalized spacial score (nSPS) is 19.7. The summed E-state index contributed by atoms with van der Waals surface area (Å²) in [5.74, 6) is -0.910. The average Bonchev–Trinajstić information content (AvgIpc) is 2.54. The second kappa shape index (κ2) is 7.40. The molecule has 1 aliphatic rings. The maximum absolute atomic E-state index is 12.4. The van der Waals surface area contributed by atoms with E-state index in [1.807, 2.05) is 6.92 Å². The van der Waals surface area contributed by atoms with Gasteiger partial charge in [-0.1, -0.05) is 38.1 Å². The Bertz CT molecular complexity index is 526. The fourth-order valence-electron chi connectivity index (χ4n) is 2.62. The number of carboxylic acids is 1. The topological polar surface area (TPSA) is 66.8 Å². The number of rotatable bonds is 5. The van der Waals surface area contributed by atoms with Crippen LogP contribution < -0.4 is 0 Å². The number of carbonyl (C=O) groups excluding carboxylic acids is 1. The van der Waals surface area contributed by atoms with Gasteiger partial charge < -0.3 is 14.7 Å². The average molecular weight is 305 g/mol. The Labute approximate surface area is 130 Å². The third-order valence-electron chi connectivity index (χ3n) is 4.13. The number of aryl methyl sites for hydroxylation is 1. The van der Waals surface area contributed by atoms with Crippen LogP contribution in [0, 0.1) is 0 Å². The summed E-state index contributed by atoms with van der Waals surface area (Å²) in [5, 5.41) is 8.98. The minimum Gasteiger partial charge on any atom is -0.479 e. The van der Waals surface area contributed by atoms with Crippen molar-refractivity contribution < 1.29 is 19.4 Å². The van der Waals surface area contributed by atoms with Crippen LogP contribution in [0.25, 0.3) is 0 Å². The number of hydrogen-bond acceptors (Lipinski definition) is 3. The maximum atomic E-state index is 12.4. The first-order valence-electron chi connectivity index (χ1n) is 7.72. The van der Waals surface area contributed by atoms with Crippen LogP contribution in [0.1, 0.15) is 37.3 Å². The molecule has 1 N–H and O–H groups in total. The number of aliphatic carboxylic acids is 1. The van der Waals surface area contributed by atoms with Crippen molar-refractivity contribution in [1.29, 1.82) is 0 Å². The molecule has 1 fully saturated rings. The summed E-state index contributed by atoms with van der Waals surface area (Å²) in [4.78, 5) is 24.9. The van der Waals surface area contributed by atoms with Gasteiger partial charge in [0.05, 0.1) is 13.2 Å². The van der Waals surface area contributed by atoms with E-state index in [0.29, 0.717) is 13.0 Å². The van der Waals surface area contributed by atoms with Gasteiger partial charge in [-0.3, -0.25) is 4.79 Å². The SMILES string of the molecule is CCc1ccc(C(C)CC(=O)N2CCOC(C(=O)O)C2)cc1. The zero-order valence-electron chi connectivity index (χ0n) is 13.1. The van der Waals surface area contributed by atoms with Crippen molar-refractivity contribution >= 4 is 11.9 Å². The fourth-order valence-corrected chi connectivity index (χ4v) is 2.62. The standard InChI is InChI=1S/C17H23NO4/c1-3-13-4-6-14(7-5-13)12(2)10-16(19)18-8-9-22-15(11-18)17(20)21/h4-7,12,15H,3,8-11H2,1-2H3,(H,20,21). The molecule has 1 amide bonds. The molecular weight excluding hydrogens is 282 g/mol. The molecule has 120 valence electrons. The third-order valence-corrected chi connectivity index (χ3v) is 4.13. The highest BCUT2D eigenvalue weighted by atomic mass is 16.5. The van der Waals surface area contributed by atoms with E-state index in [2.05, 4.69) is 31.2 Å². The molecule has 22 heavy (non-hydrogen) atoms. The van der Waals surface area contributed by atoms with E-state index >= 15 is 0 Å². The van der Waals surface area contributed by atoms with E-state index in [1.54, 1.807) is 4.90 Å². The van der Waals surface area contributed by atoms with Crippen molar-refractivity contribution in [2.75, 3.05) is 19.7 Å². The van der Waals surface area contributed by atoms with Gasteiger partial charge in [0.2, 0.25) is 5.91 Å². The quantitative estimate of drug-likeness (QED) is 0.904. The Morgan fingerprint density at radius 1 is 1.36 bits per heavy atom. The van der Waals surface area contributed by atoms with E-state index in [-0.39, 0.29) is 25.0 Å². The first-order chi connectivity index (χ1) is 10.5. The molecule has 0 bridgehead atoms. The van der Waals surface area contributed by atoms with E-state index in [0.717, 1.165) is 12.0 Å². The number of carboxylic acid groups (broad SMARTS) is 1. The van der Waals surface area contributed by atoms with Gasteiger partial charge in [-0.2, -0.15) is 0 Å². The molecule has 0 radical (unpaired) electrons. The summed E-state index contributed by atoms with van der Waals surface area (Å²) in [5.41, 5.74) is 2.41. The molecule has 0 spiro atoms. The largest absolute Gasteiger partial charge is 0.479 e. The molecule has 2 atom stereocenters. The van der Waals surface area contributed by atoms with Gasteiger partial charge in [-0.25, -0.2) is 4.79 Å². The molecule has 5 heteroatoms. The first-order valence-corrected chi connectivity index (χ1v) is 7.72. The second-order valence-electron chi connectivity index (χ2n) is 5.74. The summed E-state index contributed by atoms with van der Waals surface area (Å²) in [7, 11) is 0. The molecule has 1 aromatic rings. The fraction of sp³-hybridized carbons (Fsp3) is 0.529. The first kappa shape index (κ1) is 16.5. The molecule has 1 heterocycles. The van der Waals surface area contributed by atoms with Crippen LogP contribution in [0.5, 0.6) is 0 Å². The Hall–Kier alpha value is -1.88. The Balaban J connectivity index is 1.93. The summed E-state index contributed by atoms with van der Waals surface area (Å²) >= 11 is 0. The van der Waals surface area contributed by atoms with Crippen molar-refractivity contribution in [2.45, 2.75) is 38.7 Å². The Kier molecular flexibility index (Phi) is 5.55. The van der Waals surface area contributed by atoms with Crippen LogP contribution in [0.3, 0.4) is 0 Å². The van der Waals surface area contributed by atoms with Crippen LogP contribution in [0.15, 0.2) is 24.3 Å². The van der Waals surface area contributed by atoms with Crippen molar-refractivity contribution in [3.05, 3.63) is 35.4 Å². The number of amides is 1. The Morgan fingerprint density at radius 2 is 2.05 bits per heavy atom. The van der Waals surface area contributed by atoms with Crippen molar-refractivity contribution in [3.8, 4) is 0 Å². The maximum Gasteiger partial charge on any atom is 0.334 e. The van der Waals surface area contributed by atoms with Gasteiger partial charge in [0.15, 0.2) is 6.10 Å². The highest BCUT2D eigenvalue weighted by molar-refractivity contribution is 5.79. The van der Waals surface area contributed by atoms with Crippen LogP contribution in [0.2, 0.25) is 0 Å². The van der Waals surface area contributed by atoms with Crippen molar-refractivity contribution in [1.82, 2.24) is 4.90 Å². The van der Waals surface area contributed by atoms with Gasteiger partial charge in [0.25, 0.3) is 0 Å². The van der Waals surface area contributed by atoms with Gasteiger partial charge >= 0.3 is 5.97 Å². The lowest BCUT2D eigenvalue weighted by Crippen LogP contribution is -2.48. The van der Waals surface area contributed by atoms with E-state index in [1.165, 1.54) is 5.56 Å². The van der Waals surface area contributed by atoms with Crippen LogP contribution in [-0.4, -0.2) is 47.7 Å². The van der Waals surface area contributed by atoms with Gasteiger partial charge in [0, 0.05) is 13.0 Å². The van der Waals surface area contributed by atoms with Gasteiger partial charge in [-0.05, 0) is 23.5 Å². The molecule has 1 aromatic carbocycles. The van der Waals surface area contributed by atoms with E-state index in [4.69, 9.17) is 9.84 Å². The number of carbonyl (C=O) groups is 2. The predicted octanol–water partition coefficient (Wildman–Crippen LogP) is 2.05. The molecule has 1 aliphatic heterocycles. The minimum atomic E-state index is -1.01. The molecule has 0 aliphatic carbocycles. The zero-order chi connectivity index (χ0) is 16.1. The summed E-state index contributed by atoms with van der Waals surface area (Å²) in [6, 6.07) is 8.31. The lowest BCUT2D eigenvalue weighted by Gasteiger charge is -2.31. The molecule has 0 saturated carbocycles. The second-order valence-corrected chi connectivity index (χ2v) is 5.74. The number of nitrogens with zero attached hydrogens (tertiary/aromatic N) is 1. The van der Waals surface area contributed by atoms with Crippen LogP contribution in [0.4, 0.5) is 0 Å². The molecule has 1 saturated heterocycles. The van der Waals surface area contributed by atoms with Gasteiger partial charge in [-0.15, -0.1) is 0 Å². The van der Waals surface area contributed by atoms with Crippen LogP contribution in [-0.2, 0) is 20.7 Å². The van der Waals surface area contributed by atoms with Gasteiger partial charge in [0.1, 0.15) is 0 Å². The van der Waals surface area contributed by atoms with Crippen LogP contribution >= 0.6 is 0 Å². The monoisotopic (exact) mass is 305 g/mol. The lowest BCUT2D eigenvalue weighted by atomic mass is 9.95. The third kappa shape index (κ3) is 4.07. The highest BCUT2D eigenvalue weighted by Gasteiger charge is 2.29. The molecule has 2 rings (SSSR count). The van der Waals surface area contributed by atoms with Crippen molar-refractivity contribution in [3.63, 3.8) is 0 Å². The molecule has 5 nitrogen and oxygen atoms in total. The van der Waals surface area contributed by atoms with Crippen molar-refractivity contribution in [2.24, 2.45) is 0 Å². The summed E-state index contributed by atoms with van der Waals surface area (Å²) < 4.78 is 5.14. The highest BCUT2D eigenvalue weighted by Crippen LogP contribution is 2.21. The number of morpholine rings is 1. The molecule has 2 unspecified atom stereocenters. The number of ether oxygens (including phenoxy) is 1. The summed E-state index contributed by atoms with van der Waals surface area (Å²) in [6.07, 6.45) is 0.479. The Morgan fingerprint density at radius 3 is 2.64 bits per heavy atom. The number of benzene rings is 1. The van der Waals surface area contributed by atoms with E-state index < -0.39 is 12.1 Å². The predicted molar refractivity (Wildman–Crippen MR) is 82.8 cm³/mol. The smallest absolute Gasteiger partial charge is 0.334 e. The molecule has 0 aromatic heterocycles. The van der Waals surface area contributed by atoms with E-state index in [9.17, 15) is 9.59 Å². The lowest BCUT2D eigenvalue weighted by molar-refractivity contribution is -0.159. The minimum absolute atomic E-state index is 0.0124. The molecular formula is C17H23NO4. The number of hydrogen-bond donors (Lipinski definition) is 1. The summed E-state index contributed by atoms with van der Waals surface area (Å²) in [6.45, 7) is 5.01. The zero-order valence-corrected chi connectivity index (χ0v) is 13.1.